The molecule has 0 saturated carbocycles. The molecule has 1 rings (SSSR count). The fraction of sp³-hybridized carbons (Fsp3) is 0.400. The third-order valence-electron chi connectivity index (χ3n) is 3.01. The first-order valence-electron chi connectivity index (χ1n) is 6.90. The molecule has 0 aliphatic carbocycles. The average molecular weight is 345 g/mol. The quantitative estimate of drug-likeness (QED) is 0.695. The Morgan fingerprint density at radius 2 is 2.18 bits per heavy atom. The van der Waals surface area contributed by atoms with Crippen LogP contribution in [0.5, 0.6) is 0 Å². The Morgan fingerprint density at radius 3 is 2.77 bits per heavy atom. The van der Waals surface area contributed by atoms with Gasteiger partial charge in [0.1, 0.15) is 0 Å². The summed E-state index contributed by atoms with van der Waals surface area (Å²) in [6.45, 7) is 4.35. The lowest BCUT2D eigenvalue weighted by Gasteiger charge is -2.17. The first kappa shape index (κ1) is 18.7. The molecule has 1 amide bonds. The van der Waals surface area contributed by atoms with Crippen molar-refractivity contribution >= 4 is 27.5 Å². The first-order valence-corrected chi connectivity index (χ1v) is 9.12. The fourth-order valence-electron chi connectivity index (χ4n) is 1.89. The van der Waals surface area contributed by atoms with Crippen molar-refractivity contribution in [3.8, 4) is 0 Å². The number of nitrogens with one attached hydrogen (secondary N) is 1. The van der Waals surface area contributed by atoms with Gasteiger partial charge >= 0.3 is 0 Å². The minimum atomic E-state index is -3.32. The Morgan fingerprint density at radius 1 is 1.45 bits per heavy atom. The molecular weight excluding hydrogens is 324 g/mol. The highest BCUT2D eigenvalue weighted by Gasteiger charge is 2.15. The van der Waals surface area contributed by atoms with E-state index in [1.807, 2.05) is 18.2 Å². The van der Waals surface area contributed by atoms with Crippen molar-refractivity contribution in [3.05, 3.63) is 47.5 Å². The van der Waals surface area contributed by atoms with Crippen LogP contribution in [0.25, 0.3) is 0 Å². The topological polar surface area (TPSA) is 66.5 Å². The van der Waals surface area contributed by atoms with E-state index in [1.165, 1.54) is 10.4 Å². The second-order valence-electron chi connectivity index (χ2n) is 4.89. The number of carbonyl (C=O) groups excluding carboxylic acids is 1. The highest BCUT2D eigenvalue weighted by molar-refractivity contribution is 7.88. The number of rotatable bonds is 9. The van der Waals surface area contributed by atoms with Crippen molar-refractivity contribution in [1.82, 2.24) is 9.62 Å². The lowest BCUT2D eigenvalue weighted by molar-refractivity contribution is -0.121. The van der Waals surface area contributed by atoms with Crippen LogP contribution in [0.2, 0.25) is 5.02 Å². The minimum absolute atomic E-state index is 0.121. The van der Waals surface area contributed by atoms with E-state index in [2.05, 4.69) is 11.9 Å². The number of nitrogens with zero attached hydrogens (tertiary/aromatic N) is 1. The molecule has 0 bridgehead atoms. The summed E-state index contributed by atoms with van der Waals surface area (Å²) < 4.78 is 24.2. The Balaban J connectivity index is 2.35. The lowest BCUT2D eigenvalue weighted by atomic mass is 10.1. The van der Waals surface area contributed by atoms with Crippen LogP contribution < -0.4 is 5.32 Å². The molecule has 0 fully saturated rings. The van der Waals surface area contributed by atoms with Crippen molar-refractivity contribution in [2.45, 2.75) is 12.8 Å². The van der Waals surface area contributed by atoms with E-state index in [1.54, 1.807) is 6.07 Å². The van der Waals surface area contributed by atoms with Gasteiger partial charge in [-0.25, -0.2) is 8.42 Å². The van der Waals surface area contributed by atoms with E-state index < -0.39 is 10.0 Å². The third-order valence-corrected chi connectivity index (χ3v) is 4.52. The largest absolute Gasteiger partial charge is 0.356 e. The number of carbonyl (C=O) groups is 1. The highest BCUT2D eigenvalue weighted by atomic mass is 35.5. The summed E-state index contributed by atoms with van der Waals surface area (Å²) in [5, 5.41) is 3.43. The number of halogens is 1. The maximum atomic E-state index is 11.8. The van der Waals surface area contributed by atoms with E-state index in [0.29, 0.717) is 18.0 Å². The van der Waals surface area contributed by atoms with Crippen molar-refractivity contribution in [2.24, 2.45) is 0 Å². The standard InChI is InChI=1S/C15H21ClN2O3S/c1-3-10-18(22(2,20)21)11-8-15(19)17-9-7-13-5-4-6-14(16)12-13/h3-6,12H,1,7-11H2,2H3,(H,17,19). The molecule has 0 atom stereocenters. The van der Waals surface area contributed by atoms with E-state index in [0.717, 1.165) is 11.8 Å². The zero-order chi connectivity index (χ0) is 16.6. The Bertz CT molecular complexity index is 617. The van der Waals surface area contributed by atoms with Gasteiger partial charge in [0.25, 0.3) is 0 Å². The molecular formula is C15H21ClN2O3S. The molecule has 0 aliphatic rings. The van der Waals surface area contributed by atoms with Gasteiger partial charge in [0.05, 0.1) is 6.26 Å². The van der Waals surface area contributed by atoms with Gasteiger partial charge < -0.3 is 5.32 Å². The number of sulfonamides is 1. The Hall–Kier alpha value is -1.37. The van der Waals surface area contributed by atoms with Crippen LogP contribution in [-0.4, -0.2) is 44.5 Å². The maximum absolute atomic E-state index is 11.8. The van der Waals surface area contributed by atoms with E-state index in [-0.39, 0.29) is 25.4 Å². The Labute approximate surface area is 137 Å². The summed E-state index contributed by atoms with van der Waals surface area (Å²) in [5.41, 5.74) is 1.04. The molecule has 1 aromatic rings. The monoisotopic (exact) mass is 344 g/mol. The van der Waals surface area contributed by atoms with Crippen molar-refractivity contribution in [3.63, 3.8) is 0 Å². The summed E-state index contributed by atoms with van der Waals surface area (Å²) in [6, 6.07) is 7.44. The van der Waals surface area contributed by atoms with Crippen LogP contribution in [-0.2, 0) is 21.2 Å². The molecule has 5 nitrogen and oxygen atoms in total. The van der Waals surface area contributed by atoms with Gasteiger partial charge in [-0.05, 0) is 24.1 Å². The lowest BCUT2D eigenvalue weighted by Crippen LogP contribution is -2.35. The molecule has 1 aromatic carbocycles. The fourth-order valence-corrected chi connectivity index (χ4v) is 2.90. The van der Waals surface area contributed by atoms with Crippen LogP contribution >= 0.6 is 11.6 Å². The Kier molecular flexibility index (Phi) is 7.58. The summed E-state index contributed by atoms with van der Waals surface area (Å²) in [4.78, 5) is 11.8. The first-order chi connectivity index (χ1) is 10.3. The molecule has 22 heavy (non-hydrogen) atoms. The highest BCUT2D eigenvalue weighted by Crippen LogP contribution is 2.10. The molecule has 0 saturated heterocycles. The molecule has 0 spiro atoms. The van der Waals surface area contributed by atoms with Crippen molar-refractivity contribution in [1.29, 1.82) is 0 Å². The molecule has 122 valence electrons. The molecule has 0 unspecified atom stereocenters. The van der Waals surface area contributed by atoms with Gasteiger partial charge in [-0.15, -0.1) is 6.58 Å². The van der Waals surface area contributed by atoms with Gasteiger partial charge in [-0.2, -0.15) is 4.31 Å². The van der Waals surface area contributed by atoms with Gasteiger partial charge in [0.2, 0.25) is 15.9 Å². The molecule has 1 N–H and O–H groups in total. The zero-order valence-corrected chi connectivity index (χ0v) is 14.2. The molecule has 0 heterocycles. The van der Waals surface area contributed by atoms with Gasteiger partial charge in [-0.3, -0.25) is 4.79 Å². The van der Waals surface area contributed by atoms with E-state index in [9.17, 15) is 13.2 Å². The van der Waals surface area contributed by atoms with E-state index >= 15 is 0 Å². The average Bonchev–Trinajstić information content (AvgIpc) is 2.42. The predicted octanol–water partition coefficient (Wildman–Crippen LogP) is 1.84. The van der Waals surface area contributed by atoms with Crippen LogP contribution in [0.3, 0.4) is 0 Å². The van der Waals surface area contributed by atoms with Crippen molar-refractivity contribution in [2.75, 3.05) is 25.9 Å². The second-order valence-corrected chi connectivity index (χ2v) is 7.31. The smallest absolute Gasteiger partial charge is 0.221 e. The molecule has 0 aromatic heterocycles. The van der Waals surface area contributed by atoms with Crippen LogP contribution in [0, 0.1) is 0 Å². The predicted molar refractivity (Wildman–Crippen MR) is 89.4 cm³/mol. The van der Waals surface area contributed by atoms with Gasteiger partial charge in [0, 0.05) is 31.1 Å². The number of hydrogen-bond donors (Lipinski definition) is 1. The number of hydrogen-bond acceptors (Lipinski definition) is 3. The van der Waals surface area contributed by atoms with Crippen LogP contribution in [0.4, 0.5) is 0 Å². The van der Waals surface area contributed by atoms with Crippen LogP contribution in [0.15, 0.2) is 36.9 Å². The summed E-state index contributed by atoms with van der Waals surface area (Å²) >= 11 is 5.89. The van der Waals surface area contributed by atoms with Gasteiger partial charge in [-0.1, -0.05) is 29.8 Å². The molecule has 0 radical (unpaired) electrons. The molecule has 0 aliphatic heterocycles. The summed E-state index contributed by atoms with van der Waals surface area (Å²) in [5.74, 6) is -0.181. The summed E-state index contributed by atoms with van der Waals surface area (Å²) in [6.07, 6.45) is 3.41. The van der Waals surface area contributed by atoms with Gasteiger partial charge in [0.15, 0.2) is 0 Å². The molecule has 7 heteroatoms. The van der Waals surface area contributed by atoms with E-state index in [4.69, 9.17) is 11.6 Å². The maximum Gasteiger partial charge on any atom is 0.221 e. The third kappa shape index (κ3) is 7.06. The number of benzene rings is 1. The second kappa shape index (κ2) is 8.92. The minimum Gasteiger partial charge on any atom is -0.356 e. The SMILES string of the molecule is C=CCN(CCC(=O)NCCc1cccc(Cl)c1)S(C)(=O)=O. The zero-order valence-electron chi connectivity index (χ0n) is 12.6. The van der Waals surface area contributed by atoms with Crippen LogP contribution in [0.1, 0.15) is 12.0 Å². The summed E-state index contributed by atoms with van der Waals surface area (Å²) in [7, 11) is -3.32. The number of amides is 1. The normalized spacial score (nSPS) is 11.4. The van der Waals surface area contributed by atoms with Crippen molar-refractivity contribution < 1.29 is 13.2 Å².